The van der Waals surface area contributed by atoms with Gasteiger partial charge in [0.25, 0.3) is 0 Å². The first-order chi connectivity index (χ1) is 13.4. The van der Waals surface area contributed by atoms with Crippen LogP contribution in [0.4, 0.5) is 0 Å². The molecule has 0 spiro atoms. The summed E-state index contributed by atoms with van der Waals surface area (Å²) in [6.45, 7) is 62.7. The highest BCUT2D eigenvalue weighted by Crippen LogP contribution is 2.65. The normalized spacial score (nSPS) is 23.2. The van der Waals surface area contributed by atoms with Crippen LogP contribution >= 0.6 is 0 Å². The van der Waals surface area contributed by atoms with Gasteiger partial charge in [-0.2, -0.15) is 0 Å². The number of rotatable bonds is 7. The maximum absolute atomic E-state index is 3.00. The lowest BCUT2D eigenvalue weighted by molar-refractivity contribution is 1.73. The molecular weight excluding hydrogens is 561 g/mol. The van der Waals surface area contributed by atoms with E-state index in [2.05, 4.69) is 137 Å². The molecule has 192 valence electrons. The quantitative estimate of drug-likeness (QED) is 0.252. The standard InChI is InChI=1S/C21H63Si11/c1-23(2,3)22-30(24(4,5)6,25(7,8)9)32(28(16,17)18,29(19,20)21)31(22,26(10,11)12)27(13,14)15/h1-21H3/q-1. The summed E-state index contributed by atoms with van der Waals surface area (Å²) in [6, 6.07) is 0. The molecule has 0 aromatic rings. The van der Waals surface area contributed by atoms with E-state index >= 15 is 0 Å². The van der Waals surface area contributed by atoms with Gasteiger partial charge in [-0.15, -0.1) is 19.9 Å². The molecule has 11 heteroatoms. The van der Waals surface area contributed by atoms with Crippen LogP contribution in [0.1, 0.15) is 0 Å². The second-order valence-electron chi connectivity index (χ2n) is 18.4. The van der Waals surface area contributed by atoms with Gasteiger partial charge in [0, 0.05) is 15.2 Å². The van der Waals surface area contributed by atoms with Gasteiger partial charge in [0.15, 0.2) is 0 Å². The second-order valence-corrected chi connectivity index (χ2v) is 150. The van der Waals surface area contributed by atoms with Crippen molar-refractivity contribution in [3.05, 3.63) is 0 Å². The first-order valence-electron chi connectivity index (χ1n) is 13.2. The van der Waals surface area contributed by atoms with Crippen LogP contribution in [0.5, 0.6) is 0 Å². The van der Waals surface area contributed by atoms with E-state index in [1.807, 2.05) is 0 Å². The van der Waals surface area contributed by atoms with Gasteiger partial charge in [-0.1, -0.05) is 137 Å². The molecular formula is C21H63Si11-. The minimum absolute atomic E-state index is 0.164. The minimum Gasteiger partial charge on any atom is -0.265 e. The van der Waals surface area contributed by atoms with Crippen molar-refractivity contribution in [2.75, 3.05) is 0 Å². The summed E-state index contributed by atoms with van der Waals surface area (Å²) >= 11 is 0. The van der Waals surface area contributed by atoms with Crippen LogP contribution in [0.15, 0.2) is 0 Å². The largest absolute Gasteiger partial charge is 0.265 e. The third-order valence-corrected chi connectivity index (χ3v) is 354. The third-order valence-electron chi connectivity index (χ3n) is 9.38. The Labute approximate surface area is 214 Å². The smallest absolute Gasteiger partial charge is 0.0249 e. The molecule has 1 aliphatic rings. The van der Waals surface area contributed by atoms with Gasteiger partial charge in [-0.05, 0) is 36.5 Å². The lowest BCUT2D eigenvalue weighted by atomic mass is 11.8. The molecule has 1 saturated heterocycles. The van der Waals surface area contributed by atoms with Crippen LogP contribution in [0.25, 0.3) is 0 Å². The first-order valence-corrected chi connectivity index (χ1v) is 56.2. The van der Waals surface area contributed by atoms with Gasteiger partial charge >= 0.3 is 0 Å². The topological polar surface area (TPSA) is 0 Å². The highest BCUT2D eigenvalue weighted by Gasteiger charge is 2.87. The van der Waals surface area contributed by atoms with Crippen molar-refractivity contribution in [1.29, 1.82) is 0 Å². The zero-order valence-corrected chi connectivity index (χ0v) is 37.5. The molecule has 0 aliphatic carbocycles. The van der Waals surface area contributed by atoms with E-state index in [-0.39, 0.29) is 7.35 Å². The van der Waals surface area contributed by atoms with Crippen LogP contribution in [-0.4, -0.2) is 78.9 Å². The fourth-order valence-electron chi connectivity index (χ4n) is 11.4. The molecule has 0 radical (unpaired) electrons. The Kier molecular flexibility index (Phi) is 8.30. The fourth-order valence-corrected chi connectivity index (χ4v) is 871. The van der Waals surface area contributed by atoms with Crippen LogP contribution in [0.3, 0.4) is 0 Å². The van der Waals surface area contributed by atoms with Crippen molar-refractivity contribution < 1.29 is 0 Å². The Morgan fingerprint density at radius 2 is 0.500 bits per heavy atom. The third kappa shape index (κ3) is 3.74. The van der Waals surface area contributed by atoms with E-state index in [9.17, 15) is 0 Å². The number of hydrogen-bond acceptors (Lipinski definition) is 0. The molecule has 0 bridgehead atoms. The summed E-state index contributed by atoms with van der Waals surface area (Å²) in [5, 5.41) is 0. The van der Waals surface area contributed by atoms with Gasteiger partial charge in [-0.3, -0.25) is 7.35 Å². The molecule has 0 aromatic carbocycles. The molecule has 0 atom stereocenters. The van der Waals surface area contributed by atoms with Crippen LogP contribution in [0, 0.1) is 0 Å². The maximum Gasteiger partial charge on any atom is 0.0249 e. The predicted molar refractivity (Wildman–Crippen MR) is 186 cm³/mol. The summed E-state index contributed by atoms with van der Waals surface area (Å²) < 4.78 is 0. The Morgan fingerprint density at radius 3 is 0.594 bits per heavy atom. The second kappa shape index (κ2) is 8.19. The lowest BCUT2D eigenvalue weighted by Gasteiger charge is -3.02. The summed E-state index contributed by atoms with van der Waals surface area (Å²) in [5.41, 5.74) is 0. The van der Waals surface area contributed by atoms with E-state index in [4.69, 9.17) is 0 Å². The average molecular weight is 625 g/mol. The molecule has 0 N–H and O–H groups in total. The monoisotopic (exact) mass is 623 g/mol. The molecule has 1 rings (SSSR count). The summed E-state index contributed by atoms with van der Waals surface area (Å²) in [4.78, 5) is 0. The van der Waals surface area contributed by atoms with Gasteiger partial charge < -0.3 is 0 Å². The van der Waals surface area contributed by atoms with Crippen LogP contribution < -0.4 is 0 Å². The van der Waals surface area contributed by atoms with Crippen molar-refractivity contribution in [1.82, 2.24) is 0 Å². The molecule has 0 nitrogen and oxygen atoms in total. The van der Waals surface area contributed by atoms with Crippen molar-refractivity contribution in [2.24, 2.45) is 0 Å². The van der Waals surface area contributed by atoms with Crippen molar-refractivity contribution in [3.8, 4) is 0 Å². The van der Waals surface area contributed by atoms with Crippen LogP contribution in [0.2, 0.25) is 137 Å². The Balaban J connectivity index is 4.85. The molecule has 1 fully saturated rings. The highest BCUT2D eigenvalue weighted by molar-refractivity contribution is 8.55. The zero-order valence-electron chi connectivity index (χ0n) is 26.5. The van der Waals surface area contributed by atoms with E-state index in [0.29, 0.717) is 0 Å². The highest BCUT2D eigenvalue weighted by atomic mass is 30.8. The van der Waals surface area contributed by atoms with Gasteiger partial charge in [0.1, 0.15) is 0 Å². The van der Waals surface area contributed by atoms with Gasteiger partial charge in [0.2, 0.25) is 0 Å². The molecule has 32 heavy (non-hydrogen) atoms. The van der Waals surface area contributed by atoms with Crippen LogP contribution in [-0.2, 0) is 0 Å². The summed E-state index contributed by atoms with van der Waals surface area (Å²) in [7, 11) is -8.88. The molecule has 0 unspecified atom stereocenters. The van der Waals surface area contributed by atoms with Gasteiger partial charge in [0.05, 0.1) is 0 Å². The predicted octanol–water partition coefficient (Wildman–Crippen LogP) is 8.07. The van der Waals surface area contributed by atoms with Crippen molar-refractivity contribution in [3.63, 3.8) is 0 Å². The Morgan fingerprint density at radius 1 is 0.312 bits per heavy atom. The fraction of sp³-hybridized carbons (Fsp3) is 1.00. The Hall–Kier alpha value is 2.39. The number of hydrogen-bond donors (Lipinski definition) is 0. The lowest BCUT2D eigenvalue weighted by Crippen LogP contribution is -3.26. The first kappa shape index (κ1) is 32.4. The average Bonchev–Trinajstić information content (AvgIpc) is 2.23. The SMILES string of the molecule is C[Si](C)(C)[Si-]1[Si]([Si](C)(C)C)([Si](C)(C)C)[Si]([Si](C)(C)C)([Si](C)(C)C)[Si]1([Si](C)(C)C)[Si](C)(C)C. The van der Waals surface area contributed by atoms with Gasteiger partial charge in [-0.25, -0.2) is 0 Å². The van der Waals surface area contributed by atoms with Crippen molar-refractivity contribution in [2.45, 2.75) is 137 Å². The summed E-state index contributed by atoms with van der Waals surface area (Å²) in [6.07, 6.45) is -3.90. The molecule has 0 aromatic heterocycles. The van der Waals surface area contributed by atoms with E-state index in [1.54, 1.807) is 0 Å². The van der Waals surface area contributed by atoms with E-state index in [1.165, 1.54) is 0 Å². The molecule has 0 saturated carbocycles. The molecule has 0 amide bonds. The maximum atomic E-state index is 3.00. The van der Waals surface area contributed by atoms with E-state index in [0.717, 1.165) is 0 Å². The Bertz CT molecular complexity index is 626. The van der Waals surface area contributed by atoms with E-state index < -0.39 is 71.6 Å². The molecule has 1 aliphatic heterocycles. The minimum atomic E-state index is -1.34. The van der Waals surface area contributed by atoms with Crippen molar-refractivity contribution >= 4 is 78.9 Å². The molecule has 1 heterocycles. The summed E-state index contributed by atoms with van der Waals surface area (Å²) in [5.74, 6) is 0. The zero-order chi connectivity index (χ0) is 26.6.